The molecule has 1 aromatic rings. The van der Waals surface area contributed by atoms with Gasteiger partial charge < -0.3 is 10.2 Å². The highest BCUT2D eigenvalue weighted by molar-refractivity contribution is 8.15. The highest BCUT2D eigenvalue weighted by Gasteiger charge is 2.38. The number of amides is 1. The first kappa shape index (κ1) is 16.8. The minimum atomic E-state index is -1.13. The molecule has 1 atom stereocenters. The standard InChI is InChI=1S/C15H14N2O5S/c1-2-7-17-13(20)11(8-12(18)19)23-15(17)16-10-6-4-3-5-9(10)14(21)22/h2-6,11H,1,7-8H2,(H,18,19)(H,21,22). The van der Waals surface area contributed by atoms with E-state index in [9.17, 15) is 19.5 Å². The summed E-state index contributed by atoms with van der Waals surface area (Å²) >= 11 is 1.02. The maximum Gasteiger partial charge on any atom is 0.337 e. The molecule has 120 valence electrons. The van der Waals surface area contributed by atoms with Gasteiger partial charge in [-0.3, -0.25) is 14.5 Å². The molecule has 1 amide bonds. The molecular weight excluding hydrogens is 320 g/mol. The Bertz CT molecular complexity index is 701. The fraction of sp³-hybridized carbons (Fsp3) is 0.200. The minimum Gasteiger partial charge on any atom is -0.481 e. The molecule has 0 radical (unpaired) electrons. The summed E-state index contributed by atoms with van der Waals surface area (Å²) in [5.41, 5.74) is 0.216. The Balaban J connectivity index is 2.39. The number of hydrogen-bond acceptors (Lipinski definition) is 5. The zero-order valence-corrected chi connectivity index (χ0v) is 12.8. The number of aromatic carboxylic acids is 1. The van der Waals surface area contributed by atoms with Crippen LogP contribution in [0.15, 0.2) is 41.9 Å². The summed E-state index contributed by atoms with van der Waals surface area (Å²) in [4.78, 5) is 39.9. The van der Waals surface area contributed by atoms with E-state index in [2.05, 4.69) is 11.6 Å². The van der Waals surface area contributed by atoms with Crippen molar-refractivity contribution in [1.82, 2.24) is 4.90 Å². The molecule has 1 saturated heterocycles. The molecule has 2 N–H and O–H groups in total. The predicted octanol–water partition coefficient (Wildman–Crippen LogP) is 1.98. The molecular formula is C15H14N2O5S. The maximum atomic E-state index is 12.2. The molecule has 0 aromatic heterocycles. The van der Waals surface area contributed by atoms with Crippen molar-refractivity contribution in [3.63, 3.8) is 0 Å². The second-order valence-corrected chi connectivity index (χ2v) is 5.83. The SMILES string of the molecule is C=CCN1C(=O)C(CC(=O)O)SC1=Nc1ccccc1C(=O)O. The van der Waals surface area contributed by atoms with E-state index in [4.69, 9.17) is 5.11 Å². The molecule has 0 saturated carbocycles. The number of carboxylic acids is 2. The molecule has 1 aromatic carbocycles. The van der Waals surface area contributed by atoms with Crippen molar-refractivity contribution in [1.29, 1.82) is 0 Å². The number of carboxylic acid groups (broad SMARTS) is 2. The largest absolute Gasteiger partial charge is 0.481 e. The van der Waals surface area contributed by atoms with Crippen molar-refractivity contribution in [3.8, 4) is 0 Å². The summed E-state index contributed by atoms with van der Waals surface area (Å²) in [7, 11) is 0. The van der Waals surface area contributed by atoms with Crippen LogP contribution in [0.4, 0.5) is 5.69 Å². The summed E-state index contributed by atoms with van der Waals surface area (Å²) in [5.74, 6) is -2.58. The maximum absolute atomic E-state index is 12.2. The Labute approximate surface area is 136 Å². The van der Waals surface area contributed by atoms with Gasteiger partial charge in [0.2, 0.25) is 5.91 Å². The predicted molar refractivity (Wildman–Crippen MR) is 86.0 cm³/mol. The Hall–Kier alpha value is -2.61. The smallest absolute Gasteiger partial charge is 0.337 e. The Morgan fingerprint density at radius 1 is 1.35 bits per heavy atom. The van der Waals surface area contributed by atoms with Gasteiger partial charge in [0.1, 0.15) is 5.25 Å². The Morgan fingerprint density at radius 3 is 2.65 bits per heavy atom. The number of aliphatic carboxylic acids is 1. The summed E-state index contributed by atoms with van der Waals surface area (Å²) in [6, 6.07) is 6.16. The molecule has 8 heteroatoms. The number of hydrogen-bond donors (Lipinski definition) is 2. The molecule has 2 rings (SSSR count). The van der Waals surface area contributed by atoms with Gasteiger partial charge in [-0.15, -0.1) is 6.58 Å². The van der Waals surface area contributed by atoms with Crippen LogP contribution >= 0.6 is 11.8 Å². The molecule has 1 aliphatic rings. The van der Waals surface area contributed by atoms with Crippen molar-refractivity contribution in [2.45, 2.75) is 11.7 Å². The Morgan fingerprint density at radius 2 is 2.04 bits per heavy atom. The van der Waals surface area contributed by atoms with E-state index in [1.165, 1.54) is 23.1 Å². The van der Waals surface area contributed by atoms with Crippen LogP contribution in [0.3, 0.4) is 0 Å². The topological polar surface area (TPSA) is 107 Å². The number of nitrogens with zero attached hydrogens (tertiary/aromatic N) is 2. The van der Waals surface area contributed by atoms with Crippen LogP contribution in [-0.4, -0.2) is 49.9 Å². The number of rotatable bonds is 6. The lowest BCUT2D eigenvalue weighted by Crippen LogP contribution is -2.32. The molecule has 1 unspecified atom stereocenters. The highest BCUT2D eigenvalue weighted by atomic mass is 32.2. The molecule has 0 bridgehead atoms. The van der Waals surface area contributed by atoms with Crippen LogP contribution in [0.1, 0.15) is 16.8 Å². The van der Waals surface area contributed by atoms with E-state index in [0.717, 1.165) is 11.8 Å². The van der Waals surface area contributed by atoms with E-state index in [1.807, 2.05) is 0 Å². The van der Waals surface area contributed by atoms with Gasteiger partial charge in [0, 0.05) is 6.54 Å². The third kappa shape index (κ3) is 3.78. The number of carbonyl (C=O) groups is 3. The number of thioether (sulfide) groups is 1. The molecule has 1 fully saturated rings. The molecule has 23 heavy (non-hydrogen) atoms. The fourth-order valence-corrected chi connectivity index (χ4v) is 3.19. The first-order valence-corrected chi connectivity index (χ1v) is 7.53. The number of benzene rings is 1. The summed E-state index contributed by atoms with van der Waals surface area (Å²) in [5, 5.41) is 17.6. The van der Waals surface area contributed by atoms with Crippen molar-refractivity contribution < 1.29 is 24.6 Å². The van der Waals surface area contributed by atoms with Crippen LogP contribution < -0.4 is 0 Å². The molecule has 1 heterocycles. The molecule has 0 spiro atoms. The summed E-state index contributed by atoms with van der Waals surface area (Å²) in [6.07, 6.45) is 1.18. The lowest BCUT2D eigenvalue weighted by molar-refractivity contribution is -0.139. The Kier molecular flexibility index (Phi) is 5.17. The molecule has 0 aliphatic carbocycles. The first-order valence-electron chi connectivity index (χ1n) is 6.65. The highest BCUT2D eigenvalue weighted by Crippen LogP contribution is 2.32. The number of para-hydroxylation sites is 1. The van der Waals surface area contributed by atoms with Crippen LogP contribution in [0, 0.1) is 0 Å². The van der Waals surface area contributed by atoms with Gasteiger partial charge in [-0.2, -0.15) is 0 Å². The van der Waals surface area contributed by atoms with Crippen LogP contribution in [-0.2, 0) is 9.59 Å². The number of carbonyl (C=O) groups excluding carboxylic acids is 1. The minimum absolute atomic E-state index is 0.00767. The van der Waals surface area contributed by atoms with E-state index in [-0.39, 0.29) is 35.3 Å². The van der Waals surface area contributed by atoms with Gasteiger partial charge in [0.15, 0.2) is 5.17 Å². The fourth-order valence-electron chi connectivity index (χ4n) is 2.04. The van der Waals surface area contributed by atoms with Crippen LogP contribution in [0.25, 0.3) is 0 Å². The van der Waals surface area contributed by atoms with E-state index < -0.39 is 17.2 Å². The lowest BCUT2D eigenvalue weighted by atomic mass is 10.2. The monoisotopic (exact) mass is 334 g/mol. The van der Waals surface area contributed by atoms with Crippen LogP contribution in [0.5, 0.6) is 0 Å². The first-order chi connectivity index (χ1) is 10.9. The number of aliphatic imine (C=N–C) groups is 1. The zero-order chi connectivity index (χ0) is 17.0. The summed E-state index contributed by atoms with van der Waals surface area (Å²) < 4.78 is 0. The van der Waals surface area contributed by atoms with E-state index in [0.29, 0.717) is 0 Å². The van der Waals surface area contributed by atoms with Gasteiger partial charge in [-0.25, -0.2) is 9.79 Å². The van der Waals surface area contributed by atoms with E-state index >= 15 is 0 Å². The molecule has 7 nitrogen and oxygen atoms in total. The number of amidine groups is 1. The van der Waals surface area contributed by atoms with Gasteiger partial charge in [-0.05, 0) is 12.1 Å². The van der Waals surface area contributed by atoms with Gasteiger partial charge in [-0.1, -0.05) is 30.0 Å². The van der Waals surface area contributed by atoms with Gasteiger partial charge in [0.25, 0.3) is 0 Å². The zero-order valence-electron chi connectivity index (χ0n) is 12.0. The van der Waals surface area contributed by atoms with Gasteiger partial charge >= 0.3 is 11.9 Å². The van der Waals surface area contributed by atoms with Gasteiger partial charge in [0.05, 0.1) is 17.7 Å². The third-order valence-electron chi connectivity index (χ3n) is 3.04. The summed E-state index contributed by atoms with van der Waals surface area (Å²) in [6.45, 7) is 3.74. The van der Waals surface area contributed by atoms with Crippen molar-refractivity contribution >= 4 is 40.5 Å². The van der Waals surface area contributed by atoms with Crippen molar-refractivity contribution in [3.05, 3.63) is 42.5 Å². The third-order valence-corrected chi connectivity index (χ3v) is 4.22. The second kappa shape index (κ2) is 7.10. The average Bonchev–Trinajstić information content (AvgIpc) is 2.76. The second-order valence-electron chi connectivity index (χ2n) is 4.66. The average molecular weight is 334 g/mol. The lowest BCUT2D eigenvalue weighted by Gasteiger charge is -2.13. The molecule has 1 aliphatic heterocycles. The normalized spacial score (nSPS) is 19.1. The van der Waals surface area contributed by atoms with Crippen molar-refractivity contribution in [2.24, 2.45) is 4.99 Å². The van der Waals surface area contributed by atoms with E-state index in [1.54, 1.807) is 12.1 Å². The van der Waals surface area contributed by atoms with Crippen LogP contribution in [0.2, 0.25) is 0 Å². The quantitative estimate of drug-likeness (QED) is 0.770. The van der Waals surface area contributed by atoms with Crippen molar-refractivity contribution in [2.75, 3.05) is 6.54 Å².